The second-order valence-corrected chi connectivity index (χ2v) is 17.3. The van der Waals surface area contributed by atoms with E-state index in [0.717, 1.165) is 18.9 Å². The van der Waals surface area contributed by atoms with Crippen molar-refractivity contribution >= 4 is 85.3 Å². The molecule has 0 heterocycles. The Hall–Kier alpha value is -4.06. The van der Waals surface area contributed by atoms with E-state index in [0.29, 0.717) is 0 Å². The Kier molecular flexibility index (Phi) is 7.04. The van der Waals surface area contributed by atoms with Crippen LogP contribution in [0, 0.1) is 5.41 Å². The Morgan fingerprint density at radius 1 is 0.587 bits per heavy atom. The maximum absolute atomic E-state index is 6.11. The van der Waals surface area contributed by atoms with Crippen LogP contribution in [0.25, 0.3) is 76.8 Å². The van der Waals surface area contributed by atoms with Crippen LogP contribution in [0.15, 0.2) is 97.1 Å². The molecule has 230 valence electrons. The lowest BCUT2D eigenvalue weighted by atomic mass is 9.76. The first kappa shape index (κ1) is 29.3. The molecule has 4 heteroatoms. The predicted octanol–water partition coefficient (Wildman–Crippen LogP) is 9.35. The Morgan fingerprint density at radius 2 is 0.978 bits per heavy atom. The molecule has 0 spiro atoms. The molecule has 1 aliphatic rings. The molecule has 2 unspecified atom stereocenters. The number of methoxy groups -OCH3 is 1. The van der Waals surface area contributed by atoms with Crippen LogP contribution in [-0.2, 0) is 13.6 Å². The molecule has 8 rings (SSSR count). The first-order valence-electron chi connectivity index (χ1n) is 16.3. The smallest absolute Gasteiger partial charge is 0.334 e. The van der Waals surface area contributed by atoms with Crippen LogP contribution in [0.4, 0.5) is 0 Å². The largest absolute Gasteiger partial charge is 0.398 e. The maximum atomic E-state index is 6.11. The number of rotatable bonds is 7. The van der Waals surface area contributed by atoms with Crippen molar-refractivity contribution in [3.05, 3.63) is 107 Å². The zero-order valence-corrected chi connectivity index (χ0v) is 28.3. The van der Waals surface area contributed by atoms with Gasteiger partial charge in [0.25, 0.3) is 0 Å². The van der Waals surface area contributed by atoms with Gasteiger partial charge in [-0.25, -0.2) is 0 Å². The second-order valence-electron chi connectivity index (χ2n) is 13.7. The predicted molar refractivity (Wildman–Crippen MR) is 198 cm³/mol. The molecule has 0 aromatic heterocycles. The van der Waals surface area contributed by atoms with Crippen molar-refractivity contribution in [3.8, 4) is 0 Å². The third-order valence-corrected chi connectivity index (χ3v) is 13.6. The minimum Gasteiger partial charge on any atom is -0.398 e. The van der Waals surface area contributed by atoms with E-state index in [-0.39, 0.29) is 11.5 Å². The Labute approximate surface area is 270 Å². The van der Waals surface area contributed by atoms with Crippen LogP contribution >= 0.6 is 0 Å². The van der Waals surface area contributed by atoms with Crippen LogP contribution in [0.2, 0.25) is 12.6 Å². The van der Waals surface area contributed by atoms with Gasteiger partial charge in [-0.05, 0) is 173 Å². The minimum absolute atomic E-state index is 0.0818. The van der Waals surface area contributed by atoms with Crippen molar-refractivity contribution in [3.63, 3.8) is 0 Å². The second kappa shape index (κ2) is 11.0. The molecular formula is C42H40O3Si. The first-order valence-corrected chi connectivity index (χ1v) is 18.8. The summed E-state index contributed by atoms with van der Waals surface area (Å²) in [5.74, 6) is 0. The zero-order chi connectivity index (χ0) is 31.6. The summed E-state index contributed by atoms with van der Waals surface area (Å²) in [7, 11) is 3.19. The van der Waals surface area contributed by atoms with Gasteiger partial charge >= 0.3 is 8.56 Å². The van der Waals surface area contributed by atoms with Gasteiger partial charge in [0.1, 0.15) is 0 Å². The summed E-state index contributed by atoms with van der Waals surface area (Å²) in [6.07, 6.45) is 6.77. The highest BCUT2D eigenvalue weighted by Crippen LogP contribution is 2.37. The van der Waals surface area contributed by atoms with E-state index in [2.05, 4.69) is 123 Å². The Balaban J connectivity index is 1.20. The summed E-state index contributed by atoms with van der Waals surface area (Å²) in [5, 5.41) is 17.9. The van der Waals surface area contributed by atoms with Crippen LogP contribution in [-0.4, -0.2) is 36.0 Å². The van der Waals surface area contributed by atoms with Crippen LogP contribution in [0.5, 0.6) is 0 Å². The molecular weight excluding hydrogens is 581 g/mol. The number of benzene rings is 7. The summed E-state index contributed by atoms with van der Waals surface area (Å²) in [5.41, 5.74) is -0.100. The quantitative estimate of drug-likeness (QED) is 0.131. The average molecular weight is 621 g/mol. The zero-order valence-electron chi connectivity index (χ0n) is 27.3. The highest BCUT2D eigenvalue weighted by atomic mass is 28.4. The molecule has 0 saturated heterocycles. The number of hydrogen-bond acceptors (Lipinski definition) is 3. The molecule has 3 nitrogen and oxygen atoms in total. The van der Waals surface area contributed by atoms with E-state index in [9.17, 15) is 0 Å². The Bertz CT molecular complexity index is 2460. The van der Waals surface area contributed by atoms with Crippen LogP contribution in [0.3, 0.4) is 0 Å². The normalized spacial score (nSPS) is 17.5. The fourth-order valence-electron chi connectivity index (χ4n) is 7.70. The monoisotopic (exact) mass is 620 g/mol. The van der Waals surface area contributed by atoms with Gasteiger partial charge in [0.15, 0.2) is 0 Å². The lowest BCUT2D eigenvalue weighted by Crippen LogP contribution is -2.42. The summed E-state index contributed by atoms with van der Waals surface area (Å²) >= 11 is 0. The molecule has 0 aliphatic heterocycles. The van der Waals surface area contributed by atoms with E-state index in [1.165, 1.54) is 75.1 Å². The standard InChI is InChI=1S/C42H40O3Si/c1-42(41(43-2)11-13-46(5,44-3)45-4)12-10-29-16-32-19-35-22-36-20-33-17-30-14-27-8-6-7-9-28(27)15-31(30)18-34(33)21-37(36)23-38(35)24-39(32)25-40(29)26-42/h6-10,14-26,41H,11-13H2,1-5H3. The molecule has 0 fully saturated rings. The van der Waals surface area contributed by atoms with E-state index < -0.39 is 8.56 Å². The SMILES string of the molecule is COC(CC[Si](C)(OC)OC)C1(C)C=c2cc3cc4cc5cc6cc7cc8ccccc8cc7cc6cc5cc4cc3cc2=CC1. The minimum atomic E-state index is -2.17. The average Bonchev–Trinajstić information content (AvgIpc) is 3.06. The third-order valence-electron chi connectivity index (χ3n) is 10.7. The van der Waals surface area contributed by atoms with Gasteiger partial charge in [0, 0.05) is 26.7 Å². The lowest BCUT2D eigenvalue weighted by molar-refractivity contribution is 0.0279. The number of ether oxygens (including phenoxy) is 1. The van der Waals surface area contributed by atoms with Crippen molar-refractivity contribution < 1.29 is 13.6 Å². The summed E-state index contributed by atoms with van der Waals surface area (Å²) in [4.78, 5) is 0. The Morgan fingerprint density at radius 3 is 1.39 bits per heavy atom. The van der Waals surface area contributed by atoms with Crippen molar-refractivity contribution in [1.82, 2.24) is 0 Å². The highest BCUT2D eigenvalue weighted by Gasteiger charge is 2.36. The number of fused-ring (bicyclic) bond motifs is 7. The lowest BCUT2D eigenvalue weighted by Gasteiger charge is -2.36. The van der Waals surface area contributed by atoms with Crippen molar-refractivity contribution in [2.24, 2.45) is 5.41 Å². The number of hydrogen-bond donors (Lipinski definition) is 0. The first-order chi connectivity index (χ1) is 22.3. The topological polar surface area (TPSA) is 27.7 Å². The van der Waals surface area contributed by atoms with Gasteiger partial charge in [0.2, 0.25) is 0 Å². The molecule has 0 saturated carbocycles. The van der Waals surface area contributed by atoms with Crippen LogP contribution in [0.1, 0.15) is 19.8 Å². The van der Waals surface area contributed by atoms with Crippen molar-refractivity contribution in [1.29, 1.82) is 0 Å². The van der Waals surface area contributed by atoms with Gasteiger partial charge in [-0.2, -0.15) is 0 Å². The van der Waals surface area contributed by atoms with E-state index >= 15 is 0 Å². The molecule has 2 atom stereocenters. The van der Waals surface area contributed by atoms with Gasteiger partial charge < -0.3 is 13.6 Å². The van der Waals surface area contributed by atoms with Gasteiger partial charge in [-0.3, -0.25) is 0 Å². The summed E-state index contributed by atoms with van der Waals surface area (Å²) < 4.78 is 17.6. The van der Waals surface area contributed by atoms with E-state index in [4.69, 9.17) is 13.6 Å². The van der Waals surface area contributed by atoms with Crippen molar-refractivity contribution in [2.45, 2.75) is 38.5 Å². The van der Waals surface area contributed by atoms with Gasteiger partial charge in [-0.1, -0.05) is 43.3 Å². The molecule has 7 aromatic carbocycles. The summed E-state index contributed by atoms with van der Waals surface area (Å²) in [6.45, 7) is 4.45. The molecule has 0 N–H and O–H groups in total. The van der Waals surface area contributed by atoms with Crippen LogP contribution < -0.4 is 10.4 Å². The van der Waals surface area contributed by atoms with Gasteiger partial charge in [-0.15, -0.1) is 0 Å². The highest BCUT2D eigenvalue weighted by molar-refractivity contribution is 6.65. The van der Waals surface area contributed by atoms with E-state index in [1.807, 2.05) is 7.11 Å². The van der Waals surface area contributed by atoms with Gasteiger partial charge in [0.05, 0.1) is 6.10 Å². The molecule has 7 aromatic rings. The third kappa shape index (κ3) is 5.01. The fourth-order valence-corrected chi connectivity index (χ4v) is 9.06. The maximum Gasteiger partial charge on any atom is 0.334 e. The van der Waals surface area contributed by atoms with E-state index in [1.54, 1.807) is 14.2 Å². The molecule has 0 radical (unpaired) electrons. The fraction of sp³-hybridized carbons (Fsp3) is 0.238. The molecule has 0 bridgehead atoms. The van der Waals surface area contributed by atoms with Crippen molar-refractivity contribution in [2.75, 3.05) is 21.3 Å². The molecule has 46 heavy (non-hydrogen) atoms. The summed E-state index contributed by atoms with van der Waals surface area (Å²) in [6, 6.07) is 37.7. The molecule has 0 amide bonds. The molecule has 1 aliphatic carbocycles.